The topological polar surface area (TPSA) is 39.2 Å². The molecule has 0 saturated carbocycles. The lowest BCUT2D eigenvalue weighted by Crippen LogP contribution is -2.04. The Morgan fingerprint density at radius 2 is 1.90 bits per heavy atom. The summed E-state index contributed by atoms with van der Waals surface area (Å²) in [5.74, 6) is 1.36. The Morgan fingerprint density at radius 1 is 1.20 bits per heavy atom. The van der Waals surface area contributed by atoms with Gasteiger partial charge in [-0.1, -0.05) is 11.6 Å². The Bertz CT molecular complexity index is 569. The first kappa shape index (κ1) is 14.9. The van der Waals surface area contributed by atoms with Crippen LogP contribution in [-0.4, -0.2) is 29.4 Å². The highest BCUT2D eigenvalue weighted by atomic mass is 35.5. The zero-order valence-corrected chi connectivity index (χ0v) is 12.6. The summed E-state index contributed by atoms with van der Waals surface area (Å²) in [4.78, 5) is 16.3. The molecule has 0 radical (unpaired) electrons. The van der Waals surface area contributed by atoms with Crippen LogP contribution in [0.3, 0.4) is 0 Å². The van der Waals surface area contributed by atoms with E-state index in [9.17, 15) is 4.79 Å². The van der Waals surface area contributed by atoms with Crippen LogP contribution in [0.4, 0.5) is 0 Å². The predicted molar refractivity (Wildman–Crippen MR) is 83.0 cm³/mol. The van der Waals surface area contributed by atoms with Crippen LogP contribution in [0.2, 0.25) is 5.02 Å². The van der Waals surface area contributed by atoms with Gasteiger partial charge >= 0.3 is 0 Å². The van der Waals surface area contributed by atoms with Crippen LogP contribution in [-0.2, 0) is 0 Å². The standard InChI is InChI=1S/C15H14ClNO2S/c1-20-9-8-19-14-7-4-12(10-17-14)15(18)11-2-5-13(16)6-3-11/h2-7,10H,8-9H2,1H3. The van der Waals surface area contributed by atoms with E-state index in [0.717, 1.165) is 5.75 Å². The number of hydrogen-bond donors (Lipinski definition) is 0. The third-order valence-electron chi connectivity index (χ3n) is 2.64. The van der Waals surface area contributed by atoms with Crippen LogP contribution < -0.4 is 4.74 Å². The van der Waals surface area contributed by atoms with Crippen LogP contribution in [0.25, 0.3) is 0 Å². The van der Waals surface area contributed by atoms with Crippen molar-refractivity contribution in [3.63, 3.8) is 0 Å². The molecular formula is C15H14ClNO2S. The Labute approximate surface area is 127 Å². The minimum Gasteiger partial charge on any atom is -0.477 e. The molecule has 0 amide bonds. The lowest BCUT2D eigenvalue weighted by molar-refractivity contribution is 0.103. The van der Waals surface area contributed by atoms with Gasteiger partial charge < -0.3 is 4.74 Å². The summed E-state index contributed by atoms with van der Waals surface area (Å²) in [7, 11) is 0. The number of carbonyl (C=O) groups is 1. The van der Waals surface area contributed by atoms with E-state index in [1.807, 2.05) is 6.26 Å². The molecule has 104 valence electrons. The van der Waals surface area contributed by atoms with E-state index in [1.165, 1.54) is 6.20 Å². The number of aromatic nitrogens is 1. The van der Waals surface area contributed by atoms with Crippen molar-refractivity contribution in [2.45, 2.75) is 0 Å². The number of nitrogens with zero attached hydrogens (tertiary/aromatic N) is 1. The maximum absolute atomic E-state index is 12.2. The highest BCUT2D eigenvalue weighted by Gasteiger charge is 2.09. The van der Waals surface area contributed by atoms with E-state index in [1.54, 1.807) is 48.2 Å². The van der Waals surface area contributed by atoms with Gasteiger partial charge in [-0.25, -0.2) is 4.98 Å². The second kappa shape index (κ2) is 7.31. The van der Waals surface area contributed by atoms with Gasteiger partial charge in [0, 0.05) is 34.2 Å². The van der Waals surface area contributed by atoms with Gasteiger partial charge in [0.05, 0.1) is 6.61 Å². The average Bonchev–Trinajstić information content (AvgIpc) is 2.48. The average molecular weight is 308 g/mol. The van der Waals surface area contributed by atoms with Gasteiger partial charge in [0.2, 0.25) is 5.88 Å². The summed E-state index contributed by atoms with van der Waals surface area (Å²) < 4.78 is 5.44. The van der Waals surface area contributed by atoms with Gasteiger partial charge in [0.15, 0.2) is 5.78 Å². The number of thioether (sulfide) groups is 1. The molecule has 0 N–H and O–H groups in total. The number of carbonyl (C=O) groups excluding carboxylic acids is 1. The van der Waals surface area contributed by atoms with Crippen molar-refractivity contribution >= 4 is 29.1 Å². The van der Waals surface area contributed by atoms with Crippen molar-refractivity contribution < 1.29 is 9.53 Å². The van der Waals surface area contributed by atoms with E-state index >= 15 is 0 Å². The summed E-state index contributed by atoms with van der Waals surface area (Å²) in [6.07, 6.45) is 3.55. The lowest BCUT2D eigenvalue weighted by Gasteiger charge is -2.05. The molecule has 0 atom stereocenters. The molecule has 3 nitrogen and oxygen atoms in total. The Balaban J connectivity index is 2.05. The molecule has 0 aliphatic rings. The molecule has 1 aromatic heterocycles. The van der Waals surface area contributed by atoms with Gasteiger partial charge in [-0.2, -0.15) is 11.8 Å². The number of benzene rings is 1. The fourth-order valence-electron chi connectivity index (χ4n) is 1.60. The fraction of sp³-hybridized carbons (Fsp3) is 0.200. The summed E-state index contributed by atoms with van der Waals surface area (Å²) in [5.41, 5.74) is 1.12. The fourth-order valence-corrected chi connectivity index (χ4v) is 1.97. The van der Waals surface area contributed by atoms with Gasteiger partial charge in [0.25, 0.3) is 0 Å². The number of ketones is 1. The highest BCUT2D eigenvalue weighted by Crippen LogP contribution is 2.15. The van der Waals surface area contributed by atoms with Gasteiger partial charge in [-0.3, -0.25) is 4.79 Å². The first-order chi connectivity index (χ1) is 9.70. The third kappa shape index (κ3) is 3.99. The molecule has 20 heavy (non-hydrogen) atoms. The second-order valence-corrected chi connectivity index (χ2v) is 5.48. The first-order valence-electron chi connectivity index (χ1n) is 6.09. The Hall–Kier alpha value is -1.52. The zero-order chi connectivity index (χ0) is 14.4. The first-order valence-corrected chi connectivity index (χ1v) is 7.86. The second-order valence-electron chi connectivity index (χ2n) is 4.06. The third-order valence-corrected chi connectivity index (χ3v) is 3.47. The van der Waals surface area contributed by atoms with Gasteiger partial charge in [0.1, 0.15) is 0 Å². The van der Waals surface area contributed by atoms with Crippen LogP contribution in [0.1, 0.15) is 15.9 Å². The number of hydrogen-bond acceptors (Lipinski definition) is 4. The van der Waals surface area contributed by atoms with Crippen molar-refractivity contribution in [3.8, 4) is 5.88 Å². The maximum atomic E-state index is 12.2. The van der Waals surface area contributed by atoms with Crippen molar-refractivity contribution in [3.05, 3.63) is 58.7 Å². The van der Waals surface area contributed by atoms with Crippen LogP contribution in [0.5, 0.6) is 5.88 Å². The van der Waals surface area contributed by atoms with Crippen LogP contribution >= 0.6 is 23.4 Å². The quantitative estimate of drug-likeness (QED) is 0.602. The van der Waals surface area contributed by atoms with E-state index in [2.05, 4.69) is 4.98 Å². The SMILES string of the molecule is CSCCOc1ccc(C(=O)c2ccc(Cl)cc2)cn1. The Kier molecular flexibility index (Phi) is 5.44. The molecule has 0 saturated heterocycles. The van der Waals surface area contributed by atoms with E-state index in [4.69, 9.17) is 16.3 Å². The molecule has 1 heterocycles. The summed E-state index contributed by atoms with van der Waals surface area (Å²) in [5, 5.41) is 0.609. The normalized spacial score (nSPS) is 10.3. The number of halogens is 1. The molecule has 2 rings (SSSR count). The number of pyridine rings is 1. The van der Waals surface area contributed by atoms with Crippen molar-refractivity contribution in [1.82, 2.24) is 4.98 Å². The molecule has 1 aromatic carbocycles. The summed E-state index contributed by atoms with van der Waals surface area (Å²) in [6, 6.07) is 10.2. The largest absolute Gasteiger partial charge is 0.477 e. The van der Waals surface area contributed by atoms with E-state index in [0.29, 0.717) is 28.6 Å². The molecular weight excluding hydrogens is 294 g/mol. The molecule has 0 bridgehead atoms. The summed E-state index contributed by atoms with van der Waals surface area (Å²) in [6.45, 7) is 0.610. The molecule has 0 unspecified atom stereocenters. The molecule has 5 heteroatoms. The maximum Gasteiger partial charge on any atom is 0.213 e. The minimum atomic E-state index is -0.0789. The summed E-state index contributed by atoms with van der Waals surface area (Å²) >= 11 is 7.51. The number of rotatable bonds is 6. The molecule has 0 aliphatic carbocycles. The lowest BCUT2D eigenvalue weighted by atomic mass is 10.1. The molecule has 0 spiro atoms. The van der Waals surface area contributed by atoms with Gasteiger partial charge in [-0.15, -0.1) is 0 Å². The monoisotopic (exact) mass is 307 g/mol. The van der Waals surface area contributed by atoms with Crippen molar-refractivity contribution in [1.29, 1.82) is 0 Å². The van der Waals surface area contributed by atoms with Crippen molar-refractivity contribution in [2.24, 2.45) is 0 Å². The van der Waals surface area contributed by atoms with Crippen LogP contribution in [0, 0.1) is 0 Å². The molecule has 0 fully saturated rings. The van der Waals surface area contributed by atoms with E-state index < -0.39 is 0 Å². The molecule has 0 aliphatic heterocycles. The molecule has 2 aromatic rings. The zero-order valence-electron chi connectivity index (χ0n) is 11.0. The predicted octanol–water partition coefficient (Wildman–Crippen LogP) is 3.71. The number of ether oxygens (including phenoxy) is 1. The smallest absolute Gasteiger partial charge is 0.213 e. The Morgan fingerprint density at radius 3 is 2.50 bits per heavy atom. The highest BCUT2D eigenvalue weighted by molar-refractivity contribution is 7.98. The van der Waals surface area contributed by atoms with Gasteiger partial charge in [-0.05, 0) is 36.6 Å². The minimum absolute atomic E-state index is 0.0789. The van der Waals surface area contributed by atoms with E-state index in [-0.39, 0.29) is 5.78 Å². The van der Waals surface area contributed by atoms with Crippen molar-refractivity contribution in [2.75, 3.05) is 18.6 Å². The van der Waals surface area contributed by atoms with Crippen LogP contribution in [0.15, 0.2) is 42.6 Å².